The Bertz CT molecular complexity index is 1980. The normalized spacial score (nSPS) is 11.6. The number of benzene rings is 4. The van der Waals surface area contributed by atoms with E-state index in [2.05, 4.69) is 78.8 Å². The van der Waals surface area contributed by atoms with Gasteiger partial charge in [0.25, 0.3) is 0 Å². The average Bonchev–Trinajstić information content (AvgIpc) is 3.41. The van der Waals surface area contributed by atoms with Crippen molar-refractivity contribution in [2.45, 2.75) is 273 Å². The van der Waals surface area contributed by atoms with Gasteiger partial charge in [0, 0.05) is 5.39 Å². The van der Waals surface area contributed by atoms with Gasteiger partial charge in [0.15, 0.2) is 34.5 Å². The van der Waals surface area contributed by atoms with E-state index < -0.39 is 0 Å². The number of unbranched alkanes of at least 4 members (excludes halogenated alkanes) is 28. The van der Waals surface area contributed by atoms with Crippen molar-refractivity contribution in [1.82, 2.24) is 0 Å². The van der Waals surface area contributed by atoms with E-state index in [1.165, 1.54) is 135 Å². The summed E-state index contributed by atoms with van der Waals surface area (Å²) in [6, 6.07) is 11.3. The van der Waals surface area contributed by atoms with Crippen LogP contribution in [0.15, 0.2) is 30.3 Å². The van der Waals surface area contributed by atoms with E-state index >= 15 is 0 Å². The van der Waals surface area contributed by atoms with E-state index in [0.717, 1.165) is 162 Å². The molecular weight excluding hydrogens is 917 g/mol. The van der Waals surface area contributed by atoms with Crippen molar-refractivity contribution < 1.29 is 33.2 Å². The molecule has 4 aromatic rings. The average molecular weight is 1030 g/mol. The molecule has 0 bridgehead atoms. The first-order chi connectivity index (χ1) is 36.6. The van der Waals surface area contributed by atoms with Crippen LogP contribution in [0.4, 0.5) is 0 Å². The lowest BCUT2D eigenvalue weighted by Crippen LogP contribution is -2.08. The third-order valence-electron chi connectivity index (χ3n) is 14.7. The second-order valence-electron chi connectivity index (χ2n) is 21.5. The summed E-state index contributed by atoms with van der Waals surface area (Å²) in [5.74, 6) is 5.48. The largest absolute Gasteiger partial charge is 0.490 e. The SMILES string of the molecule is CCCCCCCOc1cc2c3cc(OCCCCCCC)c(OCCCCCCC)cc3c3c(OCCCCCCC)c(OCCCCCCC)c(OCCCCCCC)cc3c2cc1OCCCCCCC. The van der Waals surface area contributed by atoms with Crippen LogP contribution in [0.5, 0.6) is 40.2 Å². The molecule has 420 valence electrons. The standard InChI is InChI=1S/C67H110O7/c1-8-15-22-29-36-43-68-60-50-55-56-51-62(70-45-38-31-24-17-10-3)63(71-46-39-32-25-18-11-4)53-58(56)65-59(57(55)52-61(60)69-44-37-30-23-16-9-2)54-64(72-47-40-33-26-19-12-5)66(73-48-41-34-27-20-13-6)67(65)74-49-42-35-28-21-14-7/h50-54H,8-49H2,1-7H3. The van der Waals surface area contributed by atoms with E-state index in [1.54, 1.807) is 0 Å². The molecule has 0 atom stereocenters. The first-order valence-electron chi connectivity index (χ1n) is 31.5. The Labute approximate surface area is 453 Å². The van der Waals surface area contributed by atoms with E-state index in [0.29, 0.717) is 46.2 Å². The summed E-state index contributed by atoms with van der Waals surface area (Å²) >= 11 is 0. The molecule has 0 heterocycles. The lowest BCUT2D eigenvalue weighted by Gasteiger charge is -2.23. The maximum absolute atomic E-state index is 7.23. The van der Waals surface area contributed by atoms with Gasteiger partial charge in [-0.2, -0.15) is 0 Å². The zero-order valence-electron chi connectivity index (χ0n) is 48.9. The highest BCUT2D eigenvalue weighted by Gasteiger charge is 2.26. The summed E-state index contributed by atoms with van der Waals surface area (Å²) in [7, 11) is 0. The molecule has 0 aromatic heterocycles. The van der Waals surface area contributed by atoms with E-state index in [1.807, 2.05) is 0 Å². The zero-order valence-corrected chi connectivity index (χ0v) is 48.9. The Hall–Kier alpha value is -3.74. The zero-order chi connectivity index (χ0) is 52.7. The fraction of sp³-hybridized carbons (Fsp3) is 0.731. The van der Waals surface area contributed by atoms with Crippen molar-refractivity contribution in [1.29, 1.82) is 0 Å². The van der Waals surface area contributed by atoms with Crippen molar-refractivity contribution in [3.8, 4) is 40.2 Å². The van der Waals surface area contributed by atoms with Gasteiger partial charge in [-0.1, -0.05) is 228 Å². The molecule has 0 aliphatic heterocycles. The topological polar surface area (TPSA) is 64.6 Å². The smallest absolute Gasteiger partial charge is 0.204 e. The van der Waals surface area contributed by atoms with Crippen molar-refractivity contribution in [2.75, 3.05) is 46.2 Å². The summed E-state index contributed by atoms with van der Waals surface area (Å²) in [5.41, 5.74) is 0. The summed E-state index contributed by atoms with van der Waals surface area (Å²) in [6.07, 6.45) is 41.0. The molecule has 0 fully saturated rings. The van der Waals surface area contributed by atoms with Gasteiger partial charge >= 0.3 is 0 Å². The van der Waals surface area contributed by atoms with Crippen LogP contribution in [-0.2, 0) is 0 Å². The Kier molecular flexibility index (Phi) is 34.4. The Morgan fingerprint density at radius 3 is 0.689 bits per heavy atom. The molecule has 0 radical (unpaired) electrons. The fourth-order valence-electron chi connectivity index (χ4n) is 10.1. The summed E-state index contributed by atoms with van der Waals surface area (Å²) in [5, 5.41) is 6.45. The highest BCUT2D eigenvalue weighted by Crippen LogP contribution is 2.52. The molecule has 74 heavy (non-hydrogen) atoms. The van der Waals surface area contributed by atoms with Crippen molar-refractivity contribution in [3.05, 3.63) is 30.3 Å². The van der Waals surface area contributed by atoms with E-state index in [4.69, 9.17) is 33.2 Å². The highest BCUT2D eigenvalue weighted by atomic mass is 16.5. The van der Waals surface area contributed by atoms with Gasteiger partial charge in [0.05, 0.1) is 46.2 Å². The summed E-state index contributed by atoms with van der Waals surface area (Å²) in [6.45, 7) is 20.4. The van der Waals surface area contributed by atoms with Crippen LogP contribution >= 0.6 is 0 Å². The quantitative estimate of drug-likeness (QED) is 0.0323. The molecule has 0 spiro atoms. The van der Waals surface area contributed by atoms with Crippen LogP contribution in [0.25, 0.3) is 32.3 Å². The summed E-state index contributed by atoms with van der Waals surface area (Å²) < 4.78 is 48.6. The molecule has 0 saturated heterocycles. The first-order valence-corrected chi connectivity index (χ1v) is 31.5. The fourth-order valence-corrected chi connectivity index (χ4v) is 10.1. The van der Waals surface area contributed by atoms with Crippen molar-refractivity contribution >= 4 is 32.3 Å². The molecule has 0 saturated carbocycles. The third kappa shape index (κ3) is 22.8. The van der Waals surface area contributed by atoms with Gasteiger partial charge in [-0.3, -0.25) is 0 Å². The van der Waals surface area contributed by atoms with Crippen LogP contribution in [0.3, 0.4) is 0 Å². The lowest BCUT2D eigenvalue weighted by molar-refractivity contribution is 0.236. The molecule has 0 unspecified atom stereocenters. The van der Waals surface area contributed by atoms with Gasteiger partial charge in [0.1, 0.15) is 0 Å². The molecule has 0 aliphatic carbocycles. The van der Waals surface area contributed by atoms with Crippen LogP contribution in [0.1, 0.15) is 273 Å². The first kappa shape index (κ1) is 62.8. The van der Waals surface area contributed by atoms with Gasteiger partial charge in [-0.05, 0) is 102 Å². The molecular formula is C67H110O7. The van der Waals surface area contributed by atoms with Gasteiger partial charge in [-0.25, -0.2) is 0 Å². The van der Waals surface area contributed by atoms with E-state index in [9.17, 15) is 0 Å². The van der Waals surface area contributed by atoms with Crippen molar-refractivity contribution in [3.63, 3.8) is 0 Å². The predicted octanol–water partition coefficient (Wildman–Crippen LogP) is 21.6. The van der Waals surface area contributed by atoms with Gasteiger partial charge < -0.3 is 33.2 Å². The third-order valence-corrected chi connectivity index (χ3v) is 14.7. The molecule has 0 amide bonds. The minimum Gasteiger partial charge on any atom is -0.490 e. The molecule has 4 aromatic carbocycles. The molecule has 7 nitrogen and oxygen atoms in total. The minimum atomic E-state index is 0.601. The monoisotopic (exact) mass is 1030 g/mol. The number of rotatable bonds is 49. The van der Waals surface area contributed by atoms with Crippen molar-refractivity contribution in [2.24, 2.45) is 0 Å². The van der Waals surface area contributed by atoms with Gasteiger partial charge in [-0.15, -0.1) is 0 Å². The Morgan fingerprint density at radius 1 is 0.203 bits per heavy atom. The van der Waals surface area contributed by atoms with Gasteiger partial charge in [0.2, 0.25) is 5.75 Å². The number of hydrogen-bond acceptors (Lipinski definition) is 7. The molecule has 7 heteroatoms. The predicted molar refractivity (Wildman–Crippen MR) is 319 cm³/mol. The maximum Gasteiger partial charge on any atom is 0.204 e. The maximum atomic E-state index is 7.23. The Balaban J connectivity index is 2.06. The minimum absolute atomic E-state index is 0.601. The number of fused-ring (bicyclic) bond motifs is 6. The lowest BCUT2D eigenvalue weighted by atomic mass is 9.92. The van der Waals surface area contributed by atoms with Crippen LogP contribution in [-0.4, -0.2) is 46.2 Å². The second-order valence-corrected chi connectivity index (χ2v) is 21.5. The summed E-state index contributed by atoms with van der Waals surface area (Å²) in [4.78, 5) is 0. The molecule has 0 N–H and O–H groups in total. The van der Waals surface area contributed by atoms with Crippen LogP contribution in [0, 0.1) is 0 Å². The van der Waals surface area contributed by atoms with Crippen LogP contribution in [0.2, 0.25) is 0 Å². The second kappa shape index (κ2) is 40.5. The number of ether oxygens (including phenoxy) is 7. The Morgan fingerprint density at radius 2 is 0.405 bits per heavy atom. The highest BCUT2D eigenvalue weighted by molar-refractivity contribution is 6.28. The number of hydrogen-bond donors (Lipinski definition) is 0. The molecule has 0 aliphatic rings. The molecule has 4 rings (SSSR count). The van der Waals surface area contributed by atoms with Crippen LogP contribution < -0.4 is 33.2 Å². The van der Waals surface area contributed by atoms with E-state index in [-0.39, 0.29) is 0 Å².